The number of carbonyl (C=O) groups is 1. The fraction of sp³-hybridized carbons (Fsp3) is 0.536. The van der Waals surface area contributed by atoms with E-state index in [1.165, 1.54) is 25.7 Å². The number of amides is 1. The highest BCUT2D eigenvalue weighted by Gasteiger charge is 2.36. The van der Waals surface area contributed by atoms with Gasteiger partial charge in [0.1, 0.15) is 17.4 Å². The molecule has 1 amide bonds. The van der Waals surface area contributed by atoms with E-state index in [2.05, 4.69) is 41.3 Å². The van der Waals surface area contributed by atoms with Crippen molar-refractivity contribution in [2.24, 2.45) is 0 Å². The van der Waals surface area contributed by atoms with Crippen molar-refractivity contribution in [3.05, 3.63) is 42.3 Å². The van der Waals surface area contributed by atoms with Crippen LogP contribution in [-0.2, 0) is 4.74 Å². The number of rotatable bonds is 9. The Balaban J connectivity index is 1.42. The van der Waals surface area contributed by atoms with Crippen molar-refractivity contribution >= 4 is 16.9 Å². The van der Waals surface area contributed by atoms with Crippen LogP contribution in [-0.4, -0.2) is 39.9 Å². The first-order chi connectivity index (χ1) is 16.8. The molecule has 7 nitrogen and oxygen atoms in total. The predicted octanol–water partition coefficient (Wildman–Crippen LogP) is 7.31. The zero-order valence-corrected chi connectivity index (χ0v) is 21.4. The van der Waals surface area contributed by atoms with E-state index in [0.29, 0.717) is 18.3 Å². The molecule has 7 heteroatoms. The van der Waals surface area contributed by atoms with Crippen molar-refractivity contribution < 1.29 is 18.8 Å². The number of ether oxygens (including phenoxy) is 2. The van der Waals surface area contributed by atoms with E-state index in [1.807, 2.05) is 32.9 Å². The van der Waals surface area contributed by atoms with Crippen molar-refractivity contribution in [2.75, 3.05) is 13.2 Å². The third-order valence-corrected chi connectivity index (χ3v) is 6.19. The molecule has 0 bridgehead atoms. The molecule has 0 N–H and O–H groups in total. The van der Waals surface area contributed by atoms with Crippen LogP contribution in [0.3, 0.4) is 0 Å². The van der Waals surface area contributed by atoms with Crippen molar-refractivity contribution in [2.45, 2.75) is 84.3 Å². The van der Waals surface area contributed by atoms with Crippen molar-refractivity contribution in [3.8, 4) is 17.1 Å². The van der Waals surface area contributed by atoms with Gasteiger partial charge in [0.05, 0.1) is 6.61 Å². The number of unbranched alkanes of at least 4 members (excludes halogenated alkanes) is 4. The molecule has 1 aromatic heterocycles. The van der Waals surface area contributed by atoms with Gasteiger partial charge in [0.25, 0.3) is 0 Å². The summed E-state index contributed by atoms with van der Waals surface area (Å²) >= 11 is 0. The number of hydrogen-bond acceptors (Lipinski definition) is 6. The van der Waals surface area contributed by atoms with Gasteiger partial charge in [-0.1, -0.05) is 56.0 Å². The number of fused-ring (bicyclic) bond motifs is 1. The Morgan fingerprint density at radius 2 is 1.86 bits per heavy atom. The van der Waals surface area contributed by atoms with Crippen LogP contribution >= 0.6 is 0 Å². The number of hydrogen-bond donors (Lipinski definition) is 0. The first-order valence-corrected chi connectivity index (χ1v) is 12.8. The standard InChI is InChI=1S/C28H37N3O4/c1-5-6-7-8-9-17-33-23-15-14-20-18-22(13-12-21(20)19-23)25-29-26(35-30-25)24-11-10-16-31(24)27(32)34-28(2,3)4/h12-15,18-19,24H,5-11,16-17H2,1-4H3/t24-/m0/s1. The summed E-state index contributed by atoms with van der Waals surface area (Å²) in [5.74, 6) is 1.86. The van der Waals surface area contributed by atoms with Gasteiger partial charge in [-0.2, -0.15) is 4.98 Å². The maximum atomic E-state index is 12.6. The Kier molecular flexibility index (Phi) is 7.93. The van der Waals surface area contributed by atoms with Gasteiger partial charge < -0.3 is 14.0 Å². The molecule has 0 unspecified atom stereocenters. The molecule has 0 saturated carbocycles. The van der Waals surface area contributed by atoms with Crippen molar-refractivity contribution in [1.82, 2.24) is 15.0 Å². The molecule has 1 aliphatic heterocycles. The second kappa shape index (κ2) is 11.1. The molecule has 1 saturated heterocycles. The van der Waals surface area contributed by atoms with Gasteiger partial charge in [0.15, 0.2) is 0 Å². The van der Waals surface area contributed by atoms with Gasteiger partial charge in [-0.15, -0.1) is 0 Å². The highest BCUT2D eigenvalue weighted by molar-refractivity contribution is 5.87. The lowest BCUT2D eigenvalue weighted by molar-refractivity contribution is 0.0199. The summed E-state index contributed by atoms with van der Waals surface area (Å²) in [6.07, 6.45) is 7.44. The van der Waals surface area contributed by atoms with Crippen LogP contribution in [0.25, 0.3) is 22.2 Å². The van der Waals surface area contributed by atoms with Crippen LogP contribution in [0.4, 0.5) is 4.79 Å². The summed E-state index contributed by atoms with van der Waals surface area (Å²) in [6.45, 7) is 9.19. The minimum atomic E-state index is -0.547. The van der Waals surface area contributed by atoms with Crippen LogP contribution < -0.4 is 4.74 Å². The Labute approximate surface area is 207 Å². The maximum Gasteiger partial charge on any atom is 0.410 e. The molecule has 35 heavy (non-hydrogen) atoms. The molecule has 4 rings (SSSR count). The fourth-order valence-corrected chi connectivity index (χ4v) is 4.40. The highest BCUT2D eigenvalue weighted by atomic mass is 16.6. The van der Waals surface area contributed by atoms with E-state index >= 15 is 0 Å². The predicted molar refractivity (Wildman–Crippen MR) is 136 cm³/mol. The fourth-order valence-electron chi connectivity index (χ4n) is 4.40. The normalized spacial score (nSPS) is 16.1. The molecule has 0 spiro atoms. The lowest BCUT2D eigenvalue weighted by Gasteiger charge is -2.26. The minimum absolute atomic E-state index is 0.256. The summed E-state index contributed by atoms with van der Waals surface area (Å²) in [7, 11) is 0. The van der Waals surface area contributed by atoms with Crippen LogP contribution in [0.5, 0.6) is 5.75 Å². The lowest BCUT2D eigenvalue weighted by Crippen LogP contribution is -2.36. The lowest BCUT2D eigenvalue weighted by atomic mass is 10.1. The average Bonchev–Trinajstić information content (AvgIpc) is 3.49. The molecule has 0 radical (unpaired) electrons. The Morgan fingerprint density at radius 1 is 1.09 bits per heavy atom. The summed E-state index contributed by atoms with van der Waals surface area (Å²) in [5, 5.41) is 6.39. The Hall–Kier alpha value is -3.09. The molecule has 3 aromatic rings. The second-order valence-corrected chi connectivity index (χ2v) is 10.3. The van der Waals surface area contributed by atoms with E-state index in [9.17, 15) is 4.79 Å². The first-order valence-electron chi connectivity index (χ1n) is 12.8. The third-order valence-electron chi connectivity index (χ3n) is 6.19. The number of benzene rings is 2. The molecular formula is C28H37N3O4. The summed E-state index contributed by atoms with van der Waals surface area (Å²) < 4.78 is 17.1. The Bertz CT molecular complexity index is 1130. The summed E-state index contributed by atoms with van der Waals surface area (Å²) in [5.41, 5.74) is 0.327. The zero-order valence-electron chi connectivity index (χ0n) is 21.4. The highest BCUT2D eigenvalue weighted by Crippen LogP contribution is 2.34. The van der Waals surface area contributed by atoms with Crippen molar-refractivity contribution in [1.29, 1.82) is 0 Å². The molecule has 2 heterocycles. The van der Waals surface area contributed by atoms with Gasteiger partial charge in [-0.05, 0) is 69.0 Å². The zero-order chi connectivity index (χ0) is 24.8. The van der Waals surface area contributed by atoms with Gasteiger partial charge in [0.2, 0.25) is 11.7 Å². The van der Waals surface area contributed by atoms with E-state index in [4.69, 9.17) is 14.0 Å². The maximum absolute atomic E-state index is 12.6. The van der Waals surface area contributed by atoms with Gasteiger partial charge >= 0.3 is 6.09 Å². The van der Waals surface area contributed by atoms with Crippen LogP contribution in [0.2, 0.25) is 0 Å². The van der Waals surface area contributed by atoms with Gasteiger partial charge in [-0.3, -0.25) is 4.90 Å². The topological polar surface area (TPSA) is 77.7 Å². The second-order valence-electron chi connectivity index (χ2n) is 10.3. The van der Waals surface area contributed by atoms with Gasteiger partial charge in [-0.25, -0.2) is 4.79 Å². The van der Waals surface area contributed by atoms with Crippen LogP contribution in [0, 0.1) is 0 Å². The molecule has 0 aliphatic carbocycles. The van der Waals surface area contributed by atoms with E-state index in [-0.39, 0.29) is 12.1 Å². The number of aromatic nitrogens is 2. The third kappa shape index (κ3) is 6.53. The number of nitrogens with zero attached hydrogens (tertiary/aromatic N) is 3. The Morgan fingerprint density at radius 3 is 2.66 bits per heavy atom. The van der Waals surface area contributed by atoms with Crippen LogP contribution in [0.1, 0.15) is 84.6 Å². The minimum Gasteiger partial charge on any atom is -0.494 e. The van der Waals surface area contributed by atoms with E-state index in [0.717, 1.165) is 48.0 Å². The molecule has 1 aliphatic rings. The molecule has 188 valence electrons. The summed E-state index contributed by atoms with van der Waals surface area (Å²) in [6, 6.07) is 12.0. The van der Waals surface area contributed by atoms with Crippen LogP contribution in [0.15, 0.2) is 40.9 Å². The number of likely N-dealkylation sites (tertiary alicyclic amines) is 1. The van der Waals surface area contributed by atoms with E-state index in [1.54, 1.807) is 4.90 Å². The SMILES string of the molecule is CCCCCCCOc1ccc2cc(-c3noc([C@@H]4CCCN4C(=O)OC(C)(C)C)n3)ccc2c1. The average molecular weight is 480 g/mol. The van der Waals surface area contributed by atoms with Crippen molar-refractivity contribution in [3.63, 3.8) is 0 Å². The quantitative estimate of drug-likeness (QED) is 0.299. The molecule has 1 fully saturated rings. The summed E-state index contributed by atoms with van der Waals surface area (Å²) in [4.78, 5) is 18.9. The van der Waals surface area contributed by atoms with E-state index < -0.39 is 5.60 Å². The number of carbonyl (C=O) groups excluding carboxylic acids is 1. The first kappa shape index (κ1) is 25.0. The van der Waals surface area contributed by atoms with Gasteiger partial charge in [0, 0.05) is 12.1 Å². The molecule has 2 aromatic carbocycles. The molecule has 1 atom stereocenters. The largest absolute Gasteiger partial charge is 0.494 e. The smallest absolute Gasteiger partial charge is 0.410 e. The molecular weight excluding hydrogens is 442 g/mol. The monoisotopic (exact) mass is 479 g/mol.